The number of carbonyl (C=O) groups excluding carboxylic acids is 1. The Balaban J connectivity index is 2.13. The van der Waals surface area contributed by atoms with Gasteiger partial charge in [-0.15, -0.1) is 0 Å². The summed E-state index contributed by atoms with van der Waals surface area (Å²) in [7, 11) is 0. The lowest BCUT2D eigenvalue weighted by atomic mass is 10.1. The molecule has 104 valence electrons. The van der Waals surface area contributed by atoms with Crippen LogP contribution in [0.1, 0.15) is 22.8 Å². The third kappa shape index (κ3) is 3.35. The number of halogens is 1. The third-order valence-corrected chi connectivity index (χ3v) is 2.86. The zero-order valence-corrected chi connectivity index (χ0v) is 11.4. The van der Waals surface area contributed by atoms with Crippen LogP contribution in [0, 0.1) is 12.7 Å². The highest BCUT2D eigenvalue weighted by Crippen LogP contribution is 2.22. The highest BCUT2D eigenvalue weighted by molar-refractivity contribution is 6.04. The molecule has 0 heterocycles. The average Bonchev–Trinajstić information content (AvgIpc) is 2.43. The summed E-state index contributed by atoms with van der Waals surface area (Å²) in [6.07, 6.45) is 0. The first-order valence-corrected chi connectivity index (χ1v) is 6.40. The van der Waals surface area contributed by atoms with Crippen LogP contribution in [0.2, 0.25) is 0 Å². The number of ether oxygens (including phenoxy) is 1. The van der Waals surface area contributed by atoms with Gasteiger partial charge in [-0.1, -0.05) is 0 Å². The molecule has 2 aromatic carbocycles. The minimum absolute atomic E-state index is 0.266. The van der Waals surface area contributed by atoms with Crippen molar-refractivity contribution in [3.8, 4) is 5.75 Å². The van der Waals surface area contributed by atoms with E-state index in [9.17, 15) is 9.18 Å². The number of nitrogens with one attached hydrogen (secondary N) is 1. The summed E-state index contributed by atoms with van der Waals surface area (Å²) in [5, 5.41) is 2.80. The fourth-order valence-electron chi connectivity index (χ4n) is 1.83. The van der Waals surface area contributed by atoms with Crippen molar-refractivity contribution in [3.05, 3.63) is 59.4 Å². The van der Waals surface area contributed by atoms with E-state index in [0.29, 0.717) is 17.9 Å². The first-order chi connectivity index (χ1) is 9.60. The first-order valence-electron chi connectivity index (χ1n) is 6.40. The monoisotopic (exact) mass is 273 g/mol. The minimum Gasteiger partial charge on any atom is -0.494 e. The van der Waals surface area contributed by atoms with E-state index >= 15 is 0 Å². The summed E-state index contributed by atoms with van der Waals surface area (Å²) in [5.41, 5.74) is 2.04. The minimum atomic E-state index is -0.362. The summed E-state index contributed by atoms with van der Waals surface area (Å²) < 4.78 is 18.2. The zero-order valence-electron chi connectivity index (χ0n) is 11.4. The van der Waals surface area contributed by atoms with Crippen molar-refractivity contribution in [2.45, 2.75) is 13.8 Å². The van der Waals surface area contributed by atoms with Gasteiger partial charge in [0.1, 0.15) is 11.6 Å². The van der Waals surface area contributed by atoms with E-state index in [-0.39, 0.29) is 11.7 Å². The lowest BCUT2D eigenvalue weighted by Gasteiger charge is -2.10. The van der Waals surface area contributed by atoms with E-state index in [1.807, 2.05) is 19.9 Å². The molecule has 0 saturated heterocycles. The van der Waals surface area contributed by atoms with E-state index in [0.717, 1.165) is 11.3 Å². The van der Waals surface area contributed by atoms with Crippen molar-refractivity contribution in [2.75, 3.05) is 11.9 Å². The molecule has 1 N–H and O–H groups in total. The Bertz CT molecular complexity index is 608. The molecule has 4 heteroatoms. The zero-order chi connectivity index (χ0) is 14.5. The van der Waals surface area contributed by atoms with Gasteiger partial charge in [0.25, 0.3) is 5.91 Å². The number of aryl methyl sites for hydroxylation is 1. The maximum absolute atomic E-state index is 12.8. The highest BCUT2D eigenvalue weighted by Gasteiger charge is 2.08. The van der Waals surface area contributed by atoms with Gasteiger partial charge in [0.05, 0.1) is 6.61 Å². The van der Waals surface area contributed by atoms with Gasteiger partial charge in [-0.25, -0.2) is 4.39 Å². The van der Waals surface area contributed by atoms with Crippen LogP contribution in [0.4, 0.5) is 10.1 Å². The van der Waals surface area contributed by atoms with Crippen molar-refractivity contribution in [1.29, 1.82) is 0 Å². The molecule has 0 unspecified atom stereocenters. The van der Waals surface area contributed by atoms with Gasteiger partial charge >= 0.3 is 0 Å². The standard InChI is InChI=1S/C16H16FNO2/c1-3-20-14-8-9-15(11(2)10-14)18-16(19)12-4-6-13(17)7-5-12/h4-10H,3H2,1-2H3,(H,18,19). The molecule has 0 saturated carbocycles. The van der Waals surface area contributed by atoms with Gasteiger partial charge in [-0.2, -0.15) is 0 Å². The second kappa shape index (κ2) is 6.19. The van der Waals surface area contributed by atoms with Crippen LogP contribution in [-0.4, -0.2) is 12.5 Å². The SMILES string of the molecule is CCOc1ccc(NC(=O)c2ccc(F)cc2)c(C)c1. The quantitative estimate of drug-likeness (QED) is 0.920. The summed E-state index contributed by atoms with van der Waals surface area (Å²) in [6.45, 7) is 4.41. The Morgan fingerprint density at radius 3 is 2.50 bits per heavy atom. The largest absolute Gasteiger partial charge is 0.494 e. The van der Waals surface area contributed by atoms with Crippen LogP contribution in [0.5, 0.6) is 5.75 Å². The maximum atomic E-state index is 12.8. The lowest BCUT2D eigenvalue weighted by molar-refractivity contribution is 0.102. The van der Waals surface area contributed by atoms with E-state index in [2.05, 4.69) is 5.32 Å². The number of hydrogen-bond donors (Lipinski definition) is 1. The second-order valence-electron chi connectivity index (χ2n) is 4.37. The van der Waals surface area contributed by atoms with Crippen molar-refractivity contribution in [2.24, 2.45) is 0 Å². The number of amides is 1. The molecule has 1 amide bonds. The molecular weight excluding hydrogens is 257 g/mol. The number of carbonyl (C=O) groups is 1. The molecule has 20 heavy (non-hydrogen) atoms. The van der Waals surface area contributed by atoms with Crippen LogP contribution in [-0.2, 0) is 0 Å². The molecule has 0 spiro atoms. The fraction of sp³-hybridized carbons (Fsp3) is 0.188. The van der Waals surface area contributed by atoms with Crippen LogP contribution < -0.4 is 10.1 Å². The molecule has 0 atom stereocenters. The van der Waals surface area contributed by atoms with Gasteiger partial charge < -0.3 is 10.1 Å². The Hall–Kier alpha value is -2.36. The highest BCUT2D eigenvalue weighted by atomic mass is 19.1. The van der Waals surface area contributed by atoms with Gasteiger partial charge in [-0.05, 0) is 61.9 Å². The van der Waals surface area contributed by atoms with Crippen LogP contribution in [0.3, 0.4) is 0 Å². The average molecular weight is 273 g/mol. The molecule has 0 aromatic heterocycles. The number of rotatable bonds is 4. The van der Waals surface area contributed by atoms with Gasteiger partial charge in [-0.3, -0.25) is 4.79 Å². The summed E-state index contributed by atoms with van der Waals surface area (Å²) in [5.74, 6) is 0.140. The van der Waals surface area contributed by atoms with Gasteiger partial charge in [0.2, 0.25) is 0 Å². The molecule has 2 rings (SSSR count). The Morgan fingerprint density at radius 2 is 1.90 bits per heavy atom. The second-order valence-corrected chi connectivity index (χ2v) is 4.37. The predicted molar refractivity (Wildman–Crippen MR) is 76.7 cm³/mol. The Morgan fingerprint density at radius 1 is 1.20 bits per heavy atom. The molecule has 0 bridgehead atoms. The molecule has 0 radical (unpaired) electrons. The van der Waals surface area contributed by atoms with Gasteiger partial charge in [0.15, 0.2) is 0 Å². The smallest absolute Gasteiger partial charge is 0.255 e. The van der Waals surface area contributed by atoms with E-state index in [4.69, 9.17) is 4.74 Å². The molecule has 3 nitrogen and oxygen atoms in total. The van der Waals surface area contributed by atoms with Crippen LogP contribution in [0.15, 0.2) is 42.5 Å². The molecule has 0 aliphatic rings. The molecule has 0 aliphatic carbocycles. The van der Waals surface area contributed by atoms with E-state index < -0.39 is 0 Å². The van der Waals surface area contributed by atoms with Crippen molar-refractivity contribution >= 4 is 11.6 Å². The third-order valence-electron chi connectivity index (χ3n) is 2.86. The predicted octanol–water partition coefficient (Wildman–Crippen LogP) is 3.79. The number of benzene rings is 2. The first kappa shape index (κ1) is 14.1. The molecule has 2 aromatic rings. The van der Waals surface area contributed by atoms with E-state index in [1.165, 1.54) is 24.3 Å². The normalized spacial score (nSPS) is 10.2. The topological polar surface area (TPSA) is 38.3 Å². The maximum Gasteiger partial charge on any atom is 0.255 e. The molecular formula is C16H16FNO2. The summed E-state index contributed by atoms with van der Waals surface area (Å²) in [6, 6.07) is 10.9. The van der Waals surface area contributed by atoms with Crippen LogP contribution >= 0.6 is 0 Å². The van der Waals surface area contributed by atoms with Crippen molar-refractivity contribution in [3.63, 3.8) is 0 Å². The van der Waals surface area contributed by atoms with E-state index in [1.54, 1.807) is 12.1 Å². The lowest BCUT2D eigenvalue weighted by Crippen LogP contribution is -2.12. The van der Waals surface area contributed by atoms with Crippen molar-refractivity contribution < 1.29 is 13.9 Å². The summed E-state index contributed by atoms with van der Waals surface area (Å²) >= 11 is 0. The Labute approximate surface area is 117 Å². The number of hydrogen-bond acceptors (Lipinski definition) is 2. The Kier molecular flexibility index (Phi) is 4.35. The van der Waals surface area contributed by atoms with Crippen molar-refractivity contribution in [1.82, 2.24) is 0 Å². The van der Waals surface area contributed by atoms with Gasteiger partial charge in [0, 0.05) is 11.3 Å². The fourth-order valence-corrected chi connectivity index (χ4v) is 1.83. The molecule has 0 fully saturated rings. The van der Waals surface area contributed by atoms with Crippen LogP contribution in [0.25, 0.3) is 0 Å². The number of anilines is 1. The molecule has 0 aliphatic heterocycles. The summed E-state index contributed by atoms with van der Waals surface area (Å²) in [4.78, 5) is 12.0.